The Labute approximate surface area is 150 Å². The number of amides is 1. The van der Waals surface area contributed by atoms with Gasteiger partial charge >= 0.3 is 0 Å². The number of benzene rings is 2. The van der Waals surface area contributed by atoms with Crippen LogP contribution in [-0.2, 0) is 6.54 Å². The van der Waals surface area contributed by atoms with Crippen molar-refractivity contribution >= 4 is 22.6 Å². The lowest BCUT2D eigenvalue weighted by Gasteiger charge is -2.07. The smallest absolute Gasteiger partial charge is 0.257 e. The number of imidazole rings is 1. The Balaban J connectivity index is 1.61. The van der Waals surface area contributed by atoms with Gasteiger partial charge in [-0.2, -0.15) is 0 Å². The number of hydrogen-bond donors (Lipinski definition) is 2. The number of nitrogens with two attached hydrogens (primary N) is 1. The third kappa shape index (κ3) is 3.05. The highest BCUT2D eigenvalue weighted by Gasteiger charge is 2.10. The molecule has 0 radical (unpaired) electrons. The predicted octanol–water partition coefficient (Wildman–Crippen LogP) is 3.13. The van der Waals surface area contributed by atoms with Gasteiger partial charge in [-0.3, -0.25) is 14.3 Å². The zero-order valence-electron chi connectivity index (χ0n) is 14.0. The Morgan fingerprint density at radius 1 is 1.08 bits per heavy atom. The molecule has 1 amide bonds. The van der Waals surface area contributed by atoms with E-state index in [0.717, 1.165) is 22.3 Å². The fraction of sp³-hybridized carbons (Fsp3) is 0.0500. The zero-order valence-corrected chi connectivity index (χ0v) is 14.0. The van der Waals surface area contributed by atoms with E-state index >= 15 is 0 Å². The zero-order chi connectivity index (χ0) is 17.9. The summed E-state index contributed by atoms with van der Waals surface area (Å²) in [5.74, 6) is -0.227. The SMILES string of the molecule is NCc1cncc(C(=O)Nc2ccc3c(c2)ncn3-c2ccccc2)c1. The van der Waals surface area contributed by atoms with Crippen molar-refractivity contribution < 1.29 is 4.79 Å². The molecule has 0 saturated carbocycles. The van der Waals surface area contributed by atoms with Crippen LogP contribution in [0.15, 0.2) is 73.3 Å². The number of nitrogens with one attached hydrogen (secondary N) is 1. The molecule has 3 N–H and O–H groups in total. The number of para-hydroxylation sites is 1. The van der Waals surface area contributed by atoms with E-state index in [1.54, 1.807) is 18.6 Å². The second-order valence-corrected chi connectivity index (χ2v) is 5.89. The first-order valence-corrected chi connectivity index (χ1v) is 8.22. The molecule has 0 aliphatic heterocycles. The highest BCUT2D eigenvalue weighted by Crippen LogP contribution is 2.22. The Kier molecular flexibility index (Phi) is 4.17. The number of carbonyl (C=O) groups excluding carboxylic acids is 1. The van der Waals surface area contributed by atoms with Crippen LogP contribution in [0, 0.1) is 0 Å². The molecule has 2 heterocycles. The molecule has 0 aliphatic carbocycles. The van der Waals surface area contributed by atoms with Crippen LogP contribution >= 0.6 is 0 Å². The van der Waals surface area contributed by atoms with Gasteiger partial charge in [0.25, 0.3) is 5.91 Å². The Bertz CT molecular complexity index is 1070. The molecular formula is C20H17N5O. The number of hydrogen-bond acceptors (Lipinski definition) is 4. The molecule has 0 aliphatic rings. The van der Waals surface area contributed by atoms with E-state index in [1.807, 2.05) is 53.1 Å². The van der Waals surface area contributed by atoms with Crippen LogP contribution in [0.5, 0.6) is 0 Å². The first-order chi connectivity index (χ1) is 12.7. The summed E-state index contributed by atoms with van der Waals surface area (Å²) < 4.78 is 2.01. The summed E-state index contributed by atoms with van der Waals surface area (Å²) in [6, 6.07) is 17.4. The average Bonchev–Trinajstić information content (AvgIpc) is 3.12. The maximum atomic E-state index is 12.4. The minimum absolute atomic E-state index is 0.227. The van der Waals surface area contributed by atoms with E-state index in [9.17, 15) is 4.79 Å². The summed E-state index contributed by atoms with van der Waals surface area (Å²) in [7, 11) is 0. The molecule has 0 spiro atoms. The second-order valence-electron chi connectivity index (χ2n) is 5.89. The summed E-state index contributed by atoms with van der Waals surface area (Å²) in [6.07, 6.45) is 4.95. The van der Waals surface area contributed by atoms with Crippen LogP contribution in [0.25, 0.3) is 16.7 Å². The molecule has 6 nitrogen and oxygen atoms in total. The number of fused-ring (bicyclic) bond motifs is 1. The number of pyridine rings is 1. The van der Waals surface area contributed by atoms with Crippen LogP contribution < -0.4 is 11.1 Å². The van der Waals surface area contributed by atoms with E-state index in [2.05, 4.69) is 15.3 Å². The lowest BCUT2D eigenvalue weighted by atomic mass is 10.2. The van der Waals surface area contributed by atoms with Crippen molar-refractivity contribution in [1.29, 1.82) is 0 Å². The van der Waals surface area contributed by atoms with E-state index in [0.29, 0.717) is 17.8 Å². The molecular weight excluding hydrogens is 326 g/mol. The van der Waals surface area contributed by atoms with Gasteiger partial charge in [-0.1, -0.05) is 18.2 Å². The molecule has 4 rings (SSSR count). The van der Waals surface area contributed by atoms with Gasteiger partial charge in [0.1, 0.15) is 6.33 Å². The fourth-order valence-corrected chi connectivity index (χ4v) is 2.81. The normalized spacial score (nSPS) is 10.8. The van der Waals surface area contributed by atoms with Gasteiger partial charge in [-0.15, -0.1) is 0 Å². The van der Waals surface area contributed by atoms with Gasteiger partial charge in [0, 0.05) is 30.3 Å². The molecule has 0 bridgehead atoms. The van der Waals surface area contributed by atoms with Crippen molar-refractivity contribution in [2.24, 2.45) is 5.73 Å². The monoisotopic (exact) mass is 343 g/mol. The summed E-state index contributed by atoms with van der Waals surface area (Å²) in [5.41, 5.74) is 10.4. The topological polar surface area (TPSA) is 85.8 Å². The fourth-order valence-electron chi connectivity index (χ4n) is 2.81. The minimum atomic E-state index is -0.227. The molecule has 128 valence electrons. The third-order valence-corrected chi connectivity index (χ3v) is 4.13. The molecule has 4 aromatic rings. The molecule has 0 atom stereocenters. The number of nitrogens with zero attached hydrogens (tertiary/aromatic N) is 3. The number of aromatic nitrogens is 3. The van der Waals surface area contributed by atoms with Crippen LogP contribution in [0.4, 0.5) is 5.69 Å². The summed E-state index contributed by atoms with van der Waals surface area (Å²) >= 11 is 0. The summed E-state index contributed by atoms with van der Waals surface area (Å²) in [6.45, 7) is 0.344. The largest absolute Gasteiger partial charge is 0.326 e. The lowest BCUT2D eigenvalue weighted by molar-refractivity contribution is 0.102. The van der Waals surface area contributed by atoms with Gasteiger partial charge < -0.3 is 11.1 Å². The van der Waals surface area contributed by atoms with Gasteiger partial charge in [0.2, 0.25) is 0 Å². The van der Waals surface area contributed by atoms with Crippen molar-refractivity contribution in [3.63, 3.8) is 0 Å². The van der Waals surface area contributed by atoms with Gasteiger partial charge in [0.15, 0.2) is 0 Å². The van der Waals surface area contributed by atoms with Gasteiger partial charge in [-0.25, -0.2) is 4.98 Å². The molecule has 26 heavy (non-hydrogen) atoms. The predicted molar refractivity (Wildman–Crippen MR) is 101 cm³/mol. The van der Waals surface area contributed by atoms with E-state index in [1.165, 1.54) is 6.20 Å². The highest BCUT2D eigenvalue weighted by molar-refractivity contribution is 6.04. The van der Waals surface area contributed by atoms with Crippen LogP contribution in [0.3, 0.4) is 0 Å². The van der Waals surface area contributed by atoms with Crippen molar-refractivity contribution in [1.82, 2.24) is 14.5 Å². The minimum Gasteiger partial charge on any atom is -0.326 e. The van der Waals surface area contributed by atoms with Crippen molar-refractivity contribution in [3.05, 3.63) is 84.4 Å². The molecule has 0 fully saturated rings. The number of rotatable bonds is 4. The number of carbonyl (C=O) groups is 1. The van der Waals surface area contributed by atoms with Gasteiger partial charge in [-0.05, 0) is 42.0 Å². The Morgan fingerprint density at radius 2 is 1.92 bits per heavy atom. The number of anilines is 1. The third-order valence-electron chi connectivity index (χ3n) is 4.13. The molecule has 2 aromatic carbocycles. The van der Waals surface area contributed by atoms with Crippen LogP contribution in [0.2, 0.25) is 0 Å². The molecule has 0 saturated heterocycles. The van der Waals surface area contributed by atoms with E-state index in [-0.39, 0.29) is 5.91 Å². The van der Waals surface area contributed by atoms with Crippen LogP contribution in [0.1, 0.15) is 15.9 Å². The van der Waals surface area contributed by atoms with Gasteiger partial charge in [0.05, 0.1) is 16.6 Å². The first-order valence-electron chi connectivity index (χ1n) is 8.22. The van der Waals surface area contributed by atoms with E-state index < -0.39 is 0 Å². The quantitative estimate of drug-likeness (QED) is 0.596. The molecule has 2 aromatic heterocycles. The van der Waals surface area contributed by atoms with Crippen molar-refractivity contribution in [2.45, 2.75) is 6.54 Å². The maximum absolute atomic E-state index is 12.4. The lowest BCUT2D eigenvalue weighted by Crippen LogP contribution is -2.13. The van der Waals surface area contributed by atoms with Crippen molar-refractivity contribution in [2.75, 3.05) is 5.32 Å². The Morgan fingerprint density at radius 3 is 2.73 bits per heavy atom. The first kappa shape index (κ1) is 16.0. The average molecular weight is 343 g/mol. The summed E-state index contributed by atoms with van der Waals surface area (Å²) in [5, 5.41) is 2.88. The molecule has 6 heteroatoms. The van der Waals surface area contributed by atoms with E-state index in [4.69, 9.17) is 5.73 Å². The summed E-state index contributed by atoms with van der Waals surface area (Å²) in [4.78, 5) is 20.9. The standard InChI is InChI=1S/C20H17N5O/c21-10-14-8-15(12-22-11-14)20(26)24-16-6-7-19-18(9-16)23-13-25(19)17-4-2-1-3-5-17/h1-9,11-13H,10,21H2,(H,24,26). The van der Waals surface area contributed by atoms with Crippen molar-refractivity contribution in [3.8, 4) is 5.69 Å². The highest BCUT2D eigenvalue weighted by atomic mass is 16.1. The molecule has 0 unspecified atom stereocenters. The maximum Gasteiger partial charge on any atom is 0.257 e. The second kappa shape index (κ2) is 6.78. The Hall–Kier alpha value is -3.51. The van der Waals surface area contributed by atoms with Crippen LogP contribution in [-0.4, -0.2) is 20.4 Å².